The molecule has 4 nitrogen and oxygen atoms in total. The molecule has 8 heteroatoms. The quantitative estimate of drug-likeness (QED) is 0.880. The van der Waals surface area contributed by atoms with Gasteiger partial charge in [-0.1, -0.05) is 6.07 Å². The minimum atomic E-state index is -2.58. The lowest BCUT2D eigenvalue weighted by Gasteiger charge is -2.35. The highest BCUT2D eigenvalue weighted by Crippen LogP contribution is 2.39. The second-order valence-electron chi connectivity index (χ2n) is 4.46. The first-order chi connectivity index (χ1) is 9.15. The molecule has 0 bridgehead atoms. The maximum atomic E-state index is 13.4. The molecular formula is C13H20Cl2F2N2O2. The lowest BCUT2D eigenvalue weighted by molar-refractivity contribution is 0.0158. The van der Waals surface area contributed by atoms with Gasteiger partial charge in [0.05, 0.1) is 12.7 Å². The van der Waals surface area contributed by atoms with Crippen molar-refractivity contribution in [2.24, 2.45) is 0 Å². The van der Waals surface area contributed by atoms with Crippen LogP contribution in [0.3, 0.4) is 0 Å². The molecule has 21 heavy (non-hydrogen) atoms. The molecule has 0 aliphatic carbocycles. The average Bonchev–Trinajstić information content (AvgIpc) is 2.41. The van der Waals surface area contributed by atoms with E-state index in [0.29, 0.717) is 31.9 Å². The van der Waals surface area contributed by atoms with Crippen molar-refractivity contribution in [1.29, 1.82) is 0 Å². The predicted octanol–water partition coefficient (Wildman–Crippen LogP) is 2.46. The molecule has 0 aromatic heterocycles. The number of methoxy groups -OCH3 is 1. The van der Waals surface area contributed by atoms with Gasteiger partial charge in [0.2, 0.25) is 0 Å². The zero-order valence-electron chi connectivity index (χ0n) is 11.6. The van der Waals surface area contributed by atoms with Gasteiger partial charge in [0.15, 0.2) is 0 Å². The van der Waals surface area contributed by atoms with Crippen LogP contribution >= 0.6 is 24.8 Å². The zero-order valence-corrected chi connectivity index (χ0v) is 13.2. The Balaban J connectivity index is 0.00000200. The zero-order chi connectivity index (χ0) is 13.8. The third kappa shape index (κ3) is 4.57. The van der Waals surface area contributed by atoms with Crippen molar-refractivity contribution in [2.75, 3.05) is 33.3 Å². The van der Waals surface area contributed by atoms with E-state index in [1.807, 2.05) is 0 Å². The fourth-order valence-corrected chi connectivity index (χ4v) is 2.44. The number of hydrogen-bond donors (Lipinski definition) is 2. The number of nitrogens with one attached hydrogen (secondary N) is 1. The van der Waals surface area contributed by atoms with Gasteiger partial charge in [0, 0.05) is 26.2 Å². The molecule has 0 spiro atoms. The molecule has 1 fully saturated rings. The second-order valence-corrected chi connectivity index (χ2v) is 4.46. The van der Waals surface area contributed by atoms with Crippen molar-refractivity contribution in [3.8, 4) is 11.5 Å². The van der Waals surface area contributed by atoms with Crippen LogP contribution in [0, 0.1) is 0 Å². The number of rotatable bonds is 4. The average molecular weight is 345 g/mol. The van der Waals surface area contributed by atoms with Crippen LogP contribution in [0.4, 0.5) is 8.78 Å². The summed E-state index contributed by atoms with van der Waals surface area (Å²) in [5.41, 5.74) is 0.168. The largest absolute Gasteiger partial charge is 0.507 e. The Morgan fingerprint density at radius 1 is 1.24 bits per heavy atom. The third-order valence-corrected chi connectivity index (χ3v) is 3.34. The summed E-state index contributed by atoms with van der Waals surface area (Å²) in [6, 6.07) is 3.44. The minimum Gasteiger partial charge on any atom is -0.507 e. The van der Waals surface area contributed by atoms with Gasteiger partial charge in [0.25, 0.3) is 6.43 Å². The molecule has 1 aliphatic heterocycles. The number of piperazine rings is 1. The van der Waals surface area contributed by atoms with Gasteiger partial charge in [-0.05, 0) is 12.1 Å². The maximum Gasteiger partial charge on any atom is 0.258 e. The molecule has 0 saturated carbocycles. The Bertz CT molecular complexity index is 433. The molecule has 1 atom stereocenters. The van der Waals surface area contributed by atoms with Crippen molar-refractivity contribution in [1.82, 2.24) is 10.2 Å². The van der Waals surface area contributed by atoms with E-state index < -0.39 is 12.5 Å². The van der Waals surface area contributed by atoms with Crippen molar-refractivity contribution in [2.45, 2.75) is 12.5 Å². The number of alkyl halides is 2. The van der Waals surface area contributed by atoms with Crippen LogP contribution in [0.25, 0.3) is 0 Å². The van der Waals surface area contributed by atoms with Crippen LogP contribution in [0.2, 0.25) is 0 Å². The molecule has 0 amide bonds. The van der Waals surface area contributed by atoms with E-state index >= 15 is 0 Å². The number of aromatic hydroxyl groups is 1. The molecule has 2 rings (SSSR count). The van der Waals surface area contributed by atoms with Gasteiger partial charge in [0.1, 0.15) is 17.5 Å². The first kappa shape index (κ1) is 20.2. The summed E-state index contributed by atoms with van der Waals surface area (Å²) in [5, 5.41) is 13.0. The Morgan fingerprint density at radius 3 is 2.38 bits per heavy atom. The van der Waals surface area contributed by atoms with E-state index in [1.54, 1.807) is 17.0 Å². The van der Waals surface area contributed by atoms with Crippen molar-refractivity contribution in [3.05, 3.63) is 23.8 Å². The highest BCUT2D eigenvalue weighted by atomic mass is 35.5. The van der Waals surface area contributed by atoms with Gasteiger partial charge in [-0.25, -0.2) is 8.78 Å². The van der Waals surface area contributed by atoms with Crippen LogP contribution in [0.1, 0.15) is 11.6 Å². The van der Waals surface area contributed by atoms with Crippen molar-refractivity contribution in [3.63, 3.8) is 0 Å². The van der Waals surface area contributed by atoms with Gasteiger partial charge < -0.3 is 15.2 Å². The van der Waals surface area contributed by atoms with Crippen LogP contribution in [-0.4, -0.2) is 49.7 Å². The molecule has 0 unspecified atom stereocenters. The minimum absolute atomic E-state index is 0. The SMILES string of the molecule is COc1cccc(O)c1[C@H](C(F)F)N1CCNCC1.Cl.Cl. The number of phenolic OH excluding ortho intramolecular Hbond substituents is 1. The highest BCUT2D eigenvalue weighted by molar-refractivity contribution is 5.85. The molecule has 0 radical (unpaired) electrons. The first-order valence-electron chi connectivity index (χ1n) is 6.24. The predicted molar refractivity (Wildman–Crippen MR) is 82.3 cm³/mol. The molecule has 1 aromatic rings. The smallest absolute Gasteiger partial charge is 0.258 e. The maximum absolute atomic E-state index is 13.4. The topological polar surface area (TPSA) is 44.7 Å². The van der Waals surface area contributed by atoms with Gasteiger partial charge in [-0.15, -0.1) is 24.8 Å². The molecule has 1 aromatic carbocycles. The van der Waals surface area contributed by atoms with Crippen LogP contribution in [-0.2, 0) is 0 Å². The lowest BCUT2D eigenvalue weighted by Crippen LogP contribution is -2.47. The Hall–Kier alpha value is -0.820. The summed E-state index contributed by atoms with van der Waals surface area (Å²) in [4.78, 5) is 1.68. The van der Waals surface area contributed by atoms with E-state index in [-0.39, 0.29) is 36.1 Å². The number of hydrogen-bond acceptors (Lipinski definition) is 4. The number of halogens is 4. The summed E-state index contributed by atoms with van der Waals surface area (Å²) in [5.74, 6) is 0.145. The summed E-state index contributed by atoms with van der Waals surface area (Å²) in [6.45, 7) is 2.37. The Morgan fingerprint density at radius 2 is 1.86 bits per heavy atom. The van der Waals surface area contributed by atoms with Gasteiger partial charge in [-0.2, -0.15) is 0 Å². The molecule has 1 aliphatic rings. The van der Waals surface area contributed by atoms with Crippen LogP contribution < -0.4 is 10.1 Å². The number of benzene rings is 1. The van der Waals surface area contributed by atoms with E-state index in [1.165, 1.54) is 13.2 Å². The molecule has 1 heterocycles. The van der Waals surface area contributed by atoms with E-state index in [9.17, 15) is 13.9 Å². The fraction of sp³-hybridized carbons (Fsp3) is 0.538. The monoisotopic (exact) mass is 344 g/mol. The van der Waals surface area contributed by atoms with E-state index in [0.717, 1.165) is 0 Å². The molecule has 122 valence electrons. The summed E-state index contributed by atoms with van der Waals surface area (Å²) >= 11 is 0. The third-order valence-electron chi connectivity index (χ3n) is 3.34. The normalized spacial score (nSPS) is 16.8. The summed E-state index contributed by atoms with van der Waals surface area (Å²) in [7, 11) is 1.42. The van der Waals surface area contributed by atoms with E-state index in [4.69, 9.17) is 4.74 Å². The number of nitrogens with zero attached hydrogens (tertiary/aromatic N) is 1. The summed E-state index contributed by atoms with van der Waals surface area (Å²) < 4.78 is 32.0. The lowest BCUT2D eigenvalue weighted by atomic mass is 10.0. The number of phenols is 1. The van der Waals surface area contributed by atoms with Gasteiger partial charge >= 0.3 is 0 Å². The standard InChI is InChI=1S/C13H18F2N2O2.2ClH/c1-19-10-4-2-3-9(18)11(10)12(13(14)15)17-7-5-16-6-8-17;;/h2-4,12-13,16,18H,5-8H2,1H3;2*1H/t12-;;/m1../s1. The van der Waals surface area contributed by atoms with Crippen molar-refractivity contribution < 1.29 is 18.6 Å². The molecular weight excluding hydrogens is 325 g/mol. The fourth-order valence-electron chi connectivity index (χ4n) is 2.44. The van der Waals surface area contributed by atoms with E-state index in [2.05, 4.69) is 5.32 Å². The Kier molecular flexibility index (Phi) is 8.89. The Labute approximate surface area is 135 Å². The first-order valence-corrected chi connectivity index (χ1v) is 6.24. The highest BCUT2D eigenvalue weighted by Gasteiger charge is 2.34. The molecule has 1 saturated heterocycles. The second kappa shape index (κ2) is 9.25. The number of ether oxygens (including phenoxy) is 1. The van der Waals surface area contributed by atoms with Crippen LogP contribution in [0.5, 0.6) is 11.5 Å². The van der Waals surface area contributed by atoms with Crippen molar-refractivity contribution >= 4 is 24.8 Å². The van der Waals surface area contributed by atoms with Gasteiger partial charge in [-0.3, -0.25) is 4.90 Å². The molecule has 2 N–H and O–H groups in total. The summed E-state index contributed by atoms with van der Waals surface area (Å²) in [6.07, 6.45) is -2.58. The van der Waals surface area contributed by atoms with Crippen LogP contribution in [0.15, 0.2) is 18.2 Å².